The van der Waals surface area contributed by atoms with E-state index < -0.39 is 35.4 Å². The molecule has 4 rings (SSSR count). The van der Waals surface area contributed by atoms with E-state index in [9.17, 15) is 28.8 Å². The van der Waals surface area contributed by atoms with Crippen LogP contribution in [0.3, 0.4) is 0 Å². The number of aryl methyl sites for hydroxylation is 1. The van der Waals surface area contributed by atoms with Gasteiger partial charge in [0.05, 0.1) is 18.1 Å². The first-order valence-electron chi connectivity index (χ1n) is 20.3. The summed E-state index contributed by atoms with van der Waals surface area (Å²) in [7, 11) is 3.44. The number of nitrogens with one attached hydrogen (secondary N) is 4. The van der Waals surface area contributed by atoms with Gasteiger partial charge in [0, 0.05) is 44.3 Å². The summed E-state index contributed by atoms with van der Waals surface area (Å²) in [4.78, 5) is 84.3. The molecule has 12 nitrogen and oxygen atoms in total. The van der Waals surface area contributed by atoms with Gasteiger partial charge >= 0.3 is 0 Å². The number of carbonyl (C=O) groups is 6. The van der Waals surface area contributed by atoms with E-state index in [0.717, 1.165) is 31.2 Å². The summed E-state index contributed by atoms with van der Waals surface area (Å²) in [5.74, 6) is -1.85. The molecule has 0 aromatic heterocycles. The number of hydrogen-bond acceptors (Lipinski definition) is 8. The zero-order valence-electron chi connectivity index (χ0n) is 33.8. The molecule has 7 atom stereocenters. The van der Waals surface area contributed by atoms with Crippen LogP contribution in [0.15, 0.2) is 24.3 Å². The average molecular weight is 751 g/mol. The standard InChI is InChI=1S/C42H66N6O6/c1-27(43-6)36(49)25-30(40(53)47-23-14-21-35(47)39(52)46-33-19-12-17-29-15-8-9-18-31(29)33)16-10-11-22-45-38(51)34-20-13-24-48(34)41(54)32(42(3,4)5)26-37(50)28(2)44-7/h8-9,15,18,27-28,30,32-35,43-44H,10-14,16-17,19-26H2,1-7H3,(H,45,51)(H,46,52)/t27-,28-,30+,32+,33+,34-,35-/m0/s1. The van der Waals surface area contributed by atoms with Crippen LogP contribution >= 0.6 is 0 Å². The monoisotopic (exact) mass is 751 g/mol. The van der Waals surface area contributed by atoms with Crippen LogP contribution in [0.4, 0.5) is 0 Å². The number of unbranched alkanes of at least 4 members (excludes halogenated alkanes) is 1. The largest absolute Gasteiger partial charge is 0.354 e. The molecule has 1 aliphatic carbocycles. The Labute approximate surface area is 322 Å². The molecule has 0 bridgehead atoms. The van der Waals surface area contributed by atoms with Crippen molar-refractivity contribution in [3.05, 3.63) is 35.4 Å². The second-order valence-corrected chi connectivity index (χ2v) is 16.8. The van der Waals surface area contributed by atoms with Crippen molar-refractivity contribution in [1.82, 2.24) is 31.1 Å². The van der Waals surface area contributed by atoms with Crippen molar-refractivity contribution in [2.75, 3.05) is 33.7 Å². The number of rotatable bonds is 18. The molecule has 1 aromatic carbocycles. The predicted molar refractivity (Wildman–Crippen MR) is 209 cm³/mol. The SMILES string of the molecule is CN[C@@H](C)C(=O)C[C@@H](CCCCNC(=O)[C@@H]1CCCN1C(=O)[C@@H](CC(=O)[C@H](C)NC)C(C)(C)C)C(=O)N1CCC[C@H]1C(=O)N[C@@H]1CCCc2ccccc21. The van der Waals surface area contributed by atoms with Gasteiger partial charge in [-0.1, -0.05) is 51.5 Å². The van der Waals surface area contributed by atoms with E-state index >= 15 is 0 Å². The maximum atomic E-state index is 14.1. The smallest absolute Gasteiger partial charge is 0.243 e. The van der Waals surface area contributed by atoms with Gasteiger partial charge in [-0.15, -0.1) is 0 Å². The molecule has 2 heterocycles. The number of carbonyl (C=O) groups excluding carboxylic acids is 6. The molecule has 0 unspecified atom stereocenters. The van der Waals surface area contributed by atoms with Crippen molar-refractivity contribution in [3.8, 4) is 0 Å². The summed E-state index contributed by atoms with van der Waals surface area (Å²) in [6.07, 6.45) is 7.31. The fraction of sp³-hybridized carbons (Fsp3) is 0.714. The molecule has 12 heteroatoms. The minimum Gasteiger partial charge on any atom is -0.354 e. The molecule has 0 spiro atoms. The number of ketones is 2. The van der Waals surface area contributed by atoms with E-state index in [-0.39, 0.29) is 60.1 Å². The zero-order chi connectivity index (χ0) is 39.6. The number of likely N-dealkylation sites (tertiary alicyclic amines) is 2. The van der Waals surface area contributed by atoms with Crippen LogP contribution in [0, 0.1) is 17.3 Å². The van der Waals surface area contributed by atoms with Gasteiger partial charge in [0.25, 0.3) is 0 Å². The minimum absolute atomic E-state index is 0.0287. The lowest BCUT2D eigenvalue weighted by Crippen LogP contribution is -2.50. The first kappa shape index (κ1) is 43.1. The average Bonchev–Trinajstić information content (AvgIpc) is 3.86. The van der Waals surface area contributed by atoms with Gasteiger partial charge < -0.3 is 31.1 Å². The molecule has 2 fully saturated rings. The Bertz CT molecular complexity index is 1490. The topological polar surface area (TPSA) is 157 Å². The third kappa shape index (κ3) is 11.0. The van der Waals surface area contributed by atoms with E-state index in [2.05, 4.69) is 33.4 Å². The first-order valence-corrected chi connectivity index (χ1v) is 20.3. The van der Waals surface area contributed by atoms with Crippen molar-refractivity contribution in [3.63, 3.8) is 0 Å². The fourth-order valence-electron chi connectivity index (χ4n) is 8.25. The Balaban J connectivity index is 1.34. The van der Waals surface area contributed by atoms with Gasteiger partial charge in [-0.05, 0) is 102 Å². The Hall–Kier alpha value is -3.64. The number of amides is 4. The summed E-state index contributed by atoms with van der Waals surface area (Å²) >= 11 is 0. The predicted octanol–water partition coefficient (Wildman–Crippen LogP) is 3.86. The van der Waals surface area contributed by atoms with Crippen molar-refractivity contribution in [1.29, 1.82) is 0 Å². The van der Waals surface area contributed by atoms with Crippen molar-refractivity contribution in [2.45, 2.75) is 142 Å². The van der Waals surface area contributed by atoms with Crippen LogP contribution in [-0.4, -0.2) is 103 Å². The molecule has 300 valence electrons. The molecule has 54 heavy (non-hydrogen) atoms. The van der Waals surface area contributed by atoms with E-state index in [1.807, 2.05) is 32.9 Å². The van der Waals surface area contributed by atoms with Crippen LogP contribution < -0.4 is 21.3 Å². The van der Waals surface area contributed by atoms with Gasteiger partial charge in [0.15, 0.2) is 0 Å². The second-order valence-electron chi connectivity index (χ2n) is 16.8. The maximum Gasteiger partial charge on any atom is 0.243 e. The number of fused-ring (bicyclic) bond motifs is 1. The van der Waals surface area contributed by atoms with E-state index in [0.29, 0.717) is 58.2 Å². The summed E-state index contributed by atoms with van der Waals surface area (Å²) < 4.78 is 0. The normalized spacial score (nSPS) is 22.2. The van der Waals surface area contributed by atoms with E-state index in [1.54, 1.807) is 37.7 Å². The third-order valence-corrected chi connectivity index (χ3v) is 12.0. The summed E-state index contributed by atoms with van der Waals surface area (Å²) in [5, 5.41) is 12.2. The van der Waals surface area contributed by atoms with Crippen molar-refractivity contribution >= 4 is 35.2 Å². The molecule has 3 aliphatic rings. The number of likely N-dealkylation sites (N-methyl/N-ethyl adjacent to an activating group) is 2. The van der Waals surface area contributed by atoms with Crippen molar-refractivity contribution < 1.29 is 28.8 Å². The molecule has 0 radical (unpaired) electrons. The second kappa shape index (κ2) is 19.8. The lowest BCUT2D eigenvalue weighted by Gasteiger charge is -2.35. The molecule has 4 N–H and O–H groups in total. The Morgan fingerprint density at radius 3 is 1.98 bits per heavy atom. The Morgan fingerprint density at radius 2 is 1.35 bits per heavy atom. The zero-order valence-corrected chi connectivity index (χ0v) is 33.8. The highest BCUT2D eigenvalue weighted by Gasteiger charge is 2.42. The Kier molecular flexibility index (Phi) is 15.8. The van der Waals surface area contributed by atoms with E-state index in [1.165, 1.54) is 5.56 Å². The van der Waals surface area contributed by atoms with Gasteiger partial charge in [0.1, 0.15) is 23.7 Å². The lowest BCUT2D eigenvalue weighted by molar-refractivity contribution is -0.146. The fourth-order valence-corrected chi connectivity index (χ4v) is 8.25. The molecule has 0 saturated carbocycles. The van der Waals surface area contributed by atoms with Crippen LogP contribution in [0.1, 0.15) is 122 Å². The number of benzene rings is 1. The lowest BCUT2D eigenvalue weighted by atomic mass is 9.76. The summed E-state index contributed by atoms with van der Waals surface area (Å²) in [5.41, 5.74) is 1.95. The number of Topliss-reactive ketones (excluding diaryl/α,β-unsaturated/α-hetero) is 2. The quantitative estimate of drug-likeness (QED) is 0.165. The van der Waals surface area contributed by atoms with Crippen LogP contribution in [-0.2, 0) is 35.2 Å². The van der Waals surface area contributed by atoms with Gasteiger partial charge in [0.2, 0.25) is 23.6 Å². The molecular weight excluding hydrogens is 684 g/mol. The summed E-state index contributed by atoms with van der Waals surface area (Å²) in [6, 6.07) is 6.23. The Morgan fingerprint density at radius 1 is 0.759 bits per heavy atom. The molecule has 4 amide bonds. The molecule has 1 aromatic rings. The molecule has 2 saturated heterocycles. The third-order valence-electron chi connectivity index (χ3n) is 12.0. The minimum atomic E-state index is -0.588. The molecular formula is C42H66N6O6. The van der Waals surface area contributed by atoms with Gasteiger partial charge in [-0.25, -0.2) is 0 Å². The van der Waals surface area contributed by atoms with Crippen LogP contribution in [0.5, 0.6) is 0 Å². The first-order chi connectivity index (χ1) is 25.7. The van der Waals surface area contributed by atoms with Gasteiger partial charge in [-0.2, -0.15) is 0 Å². The number of nitrogens with zero attached hydrogens (tertiary/aromatic N) is 2. The maximum absolute atomic E-state index is 14.1. The highest BCUT2D eigenvalue weighted by Crippen LogP contribution is 2.34. The highest BCUT2D eigenvalue weighted by atomic mass is 16.2. The number of hydrogen-bond donors (Lipinski definition) is 4. The molecule has 2 aliphatic heterocycles. The van der Waals surface area contributed by atoms with Crippen molar-refractivity contribution in [2.24, 2.45) is 17.3 Å². The van der Waals surface area contributed by atoms with E-state index in [4.69, 9.17) is 0 Å². The summed E-state index contributed by atoms with van der Waals surface area (Å²) in [6.45, 7) is 10.8. The highest BCUT2D eigenvalue weighted by molar-refractivity contribution is 5.94. The van der Waals surface area contributed by atoms with Gasteiger partial charge in [-0.3, -0.25) is 28.8 Å². The van der Waals surface area contributed by atoms with Crippen LogP contribution in [0.2, 0.25) is 0 Å². The van der Waals surface area contributed by atoms with Crippen LogP contribution in [0.25, 0.3) is 0 Å².